The molecule has 1 aliphatic rings. The van der Waals surface area contributed by atoms with Crippen LogP contribution in [0.5, 0.6) is 11.5 Å². The molecule has 0 fully saturated rings. The quantitative estimate of drug-likeness (QED) is 0.547. The Morgan fingerprint density at radius 3 is 2.53 bits per heavy atom. The Balaban J connectivity index is 1.51. The van der Waals surface area contributed by atoms with Crippen LogP contribution in [0.25, 0.3) is 0 Å². The van der Waals surface area contributed by atoms with Gasteiger partial charge in [-0.25, -0.2) is 4.79 Å². The summed E-state index contributed by atoms with van der Waals surface area (Å²) < 4.78 is 10.7. The third kappa shape index (κ3) is 4.98. The van der Waals surface area contributed by atoms with Gasteiger partial charge in [-0.3, -0.25) is 9.78 Å². The van der Waals surface area contributed by atoms with Crippen LogP contribution in [0.15, 0.2) is 72.1 Å². The van der Waals surface area contributed by atoms with Crippen molar-refractivity contribution >= 4 is 23.4 Å². The maximum absolute atomic E-state index is 12.5. The summed E-state index contributed by atoms with van der Waals surface area (Å²) in [7, 11) is 1.47. The number of methoxy groups -OCH3 is 1. The van der Waals surface area contributed by atoms with E-state index in [1.807, 2.05) is 6.92 Å². The van der Waals surface area contributed by atoms with Crippen molar-refractivity contribution in [3.05, 3.63) is 83.7 Å². The number of hydrogen-bond acceptors (Lipinski definition) is 7. The lowest BCUT2D eigenvalue weighted by Gasteiger charge is -2.29. The highest BCUT2D eigenvalue weighted by atomic mass is 16.6. The van der Waals surface area contributed by atoms with Gasteiger partial charge in [0.25, 0.3) is 5.91 Å². The number of aromatic hydroxyl groups is 1. The number of aromatic nitrogens is 1. The maximum atomic E-state index is 12.5. The molecule has 3 aromatic rings. The normalized spacial score (nSPS) is 15.4. The second-order valence-corrected chi connectivity index (χ2v) is 7.60. The number of phenols is 1. The summed E-state index contributed by atoms with van der Waals surface area (Å²) in [6, 6.07) is 15.3. The summed E-state index contributed by atoms with van der Waals surface area (Å²) in [5.41, 5.74) is 3.11. The van der Waals surface area contributed by atoms with E-state index in [4.69, 9.17) is 9.47 Å². The molecule has 0 spiro atoms. The van der Waals surface area contributed by atoms with Gasteiger partial charge in [0.2, 0.25) is 0 Å². The number of nitrogens with one attached hydrogen (secondary N) is 1. The van der Waals surface area contributed by atoms with Gasteiger partial charge < -0.3 is 19.9 Å². The number of hydrazone groups is 1. The van der Waals surface area contributed by atoms with Crippen molar-refractivity contribution in [2.75, 3.05) is 12.4 Å². The SMILES string of the molecule is CCC1OC(=O)N(Cc2ccc(NC(=O)c3ccncc3)cc2)N=C1c1ccc(OC)c(O)c1. The summed E-state index contributed by atoms with van der Waals surface area (Å²) in [6.07, 6.45) is 2.57. The molecular formula is C25H24N4O5. The summed E-state index contributed by atoms with van der Waals surface area (Å²) in [5, 5.41) is 18.8. The van der Waals surface area contributed by atoms with Crippen LogP contribution in [-0.2, 0) is 11.3 Å². The molecule has 4 rings (SSSR count). The number of ether oxygens (including phenoxy) is 2. The fourth-order valence-corrected chi connectivity index (χ4v) is 3.52. The summed E-state index contributed by atoms with van der Waals surface area (Å²) >= 11 is 0. The van der Waals surface area contributed by atoms with Gasteiger partial charge in [0.1, 0.15) is 11.8 Å². The topological polar surface area (TPSA) is 113 Å². The molecule has 1 aliphatic heterocycles. The molecule has 2 heterocycles. The van der Waals surface area contributed by atoms with Crippen LogP contribution in [0, 0.1) is 0 Å². The lowest BCUT2D eigenvalue weighted by atomic mass is 10.0. The minimum atomic E-state index is -0.552. The van der Waals surface area contributed by atoms with E-state index in [0.29, 0.717) is 34.7 Å². The molecule has 0 aliphatic carbocycles. The molecule has 174 valence electrons. The van der Waals surface area contributed by atoms with Crippen molar-refractivity contribution in [3.8, 4) is 11.5 Å². The Labute approximate surface area is 196 Å². The first-order valence-corrected chi connectivity index (χ1v) is 10.7. The highest BCUT2D eigenvalue weighted by Crippen LogP contribution is 2.29. The third-order valence-corrected chi connectivity index (χ3v) is 5.32. The molecule has 1 atom stereocenters. The molecule has 34 heavy (non-hydrogen) atoms. The zero-order valence-electron chi connectivity index (χ0n) is 18.8. The maximum Gasteiger partial charge on any atom is 0.431 e. The number of benzene rings is 2. The van der Waals surface area contributed by atoms with Crippen LogP contribution in [0.4, 0.5) is 10.5 Å². The average molecular weight is 460 g/mol. The number of rotatable bonds is 7. The number of amides is 2. The van der Waals surface area contributed by atoms with Crippen LogP contribution in [0.3, 0.4) is 0 Å². The van der Waals surface area contributed by atoms with Gasteiger partial charge in [0, 0.05) is 29.2 Å². The Morgan fingerprint density at radius 1 is 1.15 bits per heavy atom. The Bertz CT molecular complexity index is 1210. The molecule has 1 unspecified atom stereocenters. The smallest absolute Gasteiger partial charge is 0.431 e. The average Bonchev–Trinajstić information content (AvgIpc) is 2.86. The van der Waals surface area contributed by atoms with E-state index in [9.17, 15) is 14.7 Å². The molecule has 9 nitrogen and oxygen atoms in total. The fourth-order valence-electron chi connectivity index (χ4n) is 3.52. The monoisotopic (exact) mass is 460 g/mol. The number of cyclic esters (lactones) is 1. The lowest BCUT2D eigenvalue weighted by molar-refractivity contribution is 0.0712. The first-order valence-electron chi connectivity index (χ1n) is 10.7. The number of carbonyl (C=O) groups is 2. The van der Waals surface area contributed by atoms with E-state index in [1.54, 1.807) is 60.9 Å². The Kier molecular flexibility index (Phi) is 6.72. The Morgan fingerprint density at radius 2 is 1.88 bits per heavy atom. The van der Waals surface area contributed by atoms with Crippen molar-refractivity contribution in [3.63, 3.8) is 0 Å². The molecule has 0 saturated heterocycles. The van der Waals surface area contributed by atoms with E-state index in [2.05, 4.69) is 15.4 Å². The van der Waals surface area contributed by atoms with Gasteiger partial charge in [0.05, 0.1) is 13.7 Å². The third-order valence-electron chi connectivity index (χ3n) is 5.32. The van der Waals surface area contributed by atoms with Gasteiger partial charge in [-0.1, -0.05) is 19.1 Å². The zero-order chi connectivity index (χ0) is 24.1. The number of hydrogen-bond donors (Lipinski definition) is 2. The van der Waals surface area contributed by atoms with E-state index in [0.717, 1.165) is 5.56 Å². The minimum absolute atomic E-state index is 0.0228. The Hall–Kier alpha value is -4.40. The van der Waals surface area contributed by atoms with Crippen molar-refractivity contribution in [2.24, 2.45) is 5.10 Å². The molecule has 2 N–H and O–H groups in total. The van der Waals surface area contributed by atoms with Crippen LogP contribution < -0.4 is 10.1 Å². The highest BCUT2D eigenvalue weighted by Gasteiger charge is 2.31. The van der Waals surface area contributed by atoms with Crippen LogP contribution in [0.2, 0.25) is 0 Å². The fraction of sp³-hybridized carbons (Fsp3) is 0.200. The molecule has 9 heteroatoms. The second kappa shape index (κ2) is 10.0. The molecule has 0 radical (unpaired) electrons. The van der Waals surface area contributed by atoms with Crippen LogP contribution in [0.1, 0.15) is 34.8 Å². The predicted molar refractivity (Wildman–Crippen MR) is 126 cm³/mol. The van der Waals surface area contributed by atoms with Gasteiger partial charge >= 0.3 is 6.09 Å². The van der Waals surface area contributed by atoms with Gasteiger partial charge in [-0.05, 0) is 54.4 Å². The van der Waals surface area contributed by atoms with E-state index in [-0.39, 0.29) is 18.2 Å². The van der Waals surface area contributed by atoms with Crippen molar-refractivity contribution in [1.82, 2.24) is 9.99 Å². The van der Waals surface area contributed by atoms with Crippen molar-refractivity contribution < 1.29 is 24.2 Å². The van der Waals surface area contributed by atoms with Crippen LogP contribution in [-0.4, -0.2) is 46.0 Å². The first-order chi connectivity index (χ1) is 16.5. The number of phenolic OH excluding ortho intramolecular Hbond substituents is 1. The first kappa shape index (κ1) is 22.8. The number of nitrogens with zero attached hydrogens (tertiary/aromatic N) is 3. The van der Waals surface area contributed by atoms with Crippen molar-refractivity contribution in [2.45, 2.75) is 26.0 Å². The molecule has 1 aromatic heterocycles. The molecule has 0 saturated carbocycles. The van der Waals surface area contributed by atoms with E-state index >= 15 is 0 Å². The summed E-state index contributed by atoms with van der Waals surface area (Å²) in [6.45, 7) is 2.07. The van der Waals surface area contributed by atoms with E-state index < -0.39 is 12.2 Å². The minimum Gasteiger partial charge on any atom is -0.504 e. The number of pyridine rings is 1. The summed E-state index contributed by atoms with van der Waals surface area (Å²) in [5.74, 6) is 0.0842. The predicted octanol–water partition coefficient (Wildman–Crippen LogP) is 4.18. The van der Waals surface area contributed by atoms with Gasteiger partial charge in [0.15, 0.2) is 11.5 Å². The lowest BCUT2D eigenvalue weighted by Crippen LogP contribution is -2.41. The largest absolute Gasteiger partial charge is 0.504 e. The molecule has 2 aromatic carbocycles. The number of carbonyl (C=O) groups excluding carboxylic acids is 2. The number of anilines is 1. The van der Waals surface area contributed by atoms with Gasteiger partial charge in [-0.2, -0.15) is 10.1 Å². The zero-order valence-corrected chi connectivity index (χ0v) is 18.8. The molecule has 2 amide bonds. The highest BCUT2D eigenvalue weighted by molar-refractivity contribution is 6.06. The molecule has 0 bridgehead atoms. The van der Waals surface area contributed by atoms with E-state index in [1.165, 1.54) is 18.2 Å². The van der Waals surface area contributed by atoms with Crippen molar-refractivity contribution in [1.29, 1.82) is 0 Å². The van der Waals surface area contributed by atoms with Gasteiger partial charge in [-0.15, -0.1) is 0 Å². The standard InChI is InChI=1S/C25H24N4O5/c1-3-21-23(18-6-9-22(33-2)20(30)14-18)28-29(25(32)34-21)15-16-4-7-19(8-5-16)27-24(31)17-10-12-26-13-11-17/h4-14,21,30H,3,15H2,1-2H3,(H,27,31). The summed E-state index contributed by atoms with van der Waals surface area (Å²) in [4.78, 5) is 28.8. The molecular weight excluding hydrogens is 436 g/mol. The second-order valence-electron chi connectivity index (χ2n) is 7.60. The van der Waals surface area contributed by atoms with Crippen LogP contribution >= 0.6 is 0 Å².